The molecule has 1 aliphatic carbocycles. The number of amides is 1. The summed E-state index contributed by atoms with van der Waals surface area (Å²) in [5.74, 6) is -2.23. The molecule has 4 rings (SSSR count). The zero-order valence-electron chi connectivity index (χ0n) is 15.7. The van der Waals surface area contributed by atoms with E-state index in [4.69, 9.17) is 14.2 Å². The van der Waals surface area contributed by atoms with Crippen molar-refractivity contribution in [1.29, 1.82) is 0 Å². The molecule has 148 valence electrons. The number of piperidine rings is 1. The molecule has 27 heavy (non-hydrogen) atoms. The third-order valence-corrected chi connectivity index (χ3v) is 6.15. The molecule has 0 aromatic heterocycles. The van der Waals surface area contributed by atoms with Crippen LogP contribution in [0.1, 0.15) is 36.8 Å². The van der Waals surface area contributed by atoms with E-state index in [9.17, 15) is 13.6 Å². The van der Waals surface area contributed by atoms with Crippen LogP contribution < -0.4 is 9.47 Å². The molecule has 1 aromatic rings. The van der Waals surface area contributed by atoms with Gasteiger partial charge in [-0.2, -0.15) is 0 Å². The van der Waals surface area contributed by atoms with E-state index < -0.39 is 17.4 Å². The van der Waals surface area contributed by atoms with Crippen LogP contribution >= 0.6 is 0 Å². The number of methoxy groups -OCH3 is 2. The molecular formula is C20H25F2NO4. The van der Waals surface area contributed by atoms with Gasteiger partial charge in [0.05, 0.1) is 26.4 Å². The van der Waals surface area contributed by atoms with Gasteiger partial charge in [0.15, 0.2) is 11.5 Å². The van der Waals surface area contributed by atoms with Crippen LogP contribution in [0.3, 0.4) is 0 Å². The topological polar surface area (TPSA) is 48.0 Å². The van der Waals surface area contributed by atoms with E-state index in [1.807, 2.05) is 12.1 Å². The van der Waals surface area contributed by atoms with Crippen LogP contribution in [0.5, 0.6) is 11.5 Å². The highest BCUT2D eigenvalue weighted by Crippen LogP contribution is 2.51. The van der Waals surface area contributed by atoms with Crippen molar-refractivity contribution < 1.29 is 27.8 Å². The number of likely N-dealkylation sites (tertiary alicyclic amines) is 1. The number of nitrogens with zero attached hydrogens (tertiary/aromatic N) is 1. The van der Waals surface area contributed by atoms with Crippen molar-refractivity contribution in [3.8, 4) is 11.5 Å². The van der Waals surface area contributed by atoms with E-state index in [0.717, 1.165) is 12.0 Å². The van der Waals surface area contributed by atoms with Crippen molar-refractivity contribution in [2.75, 3.05) is 33.9 Å². The summed E-state index contributed by atoms with van der Waals surface area (Å²) < 4.78 is 43.3. The van der Waals surface area contributed by atoms with Crippen LogP contribution in [-0.4, -0.2) is 50.6 Å². The lowest BCUT2D eigenvalue weighted by atomic mass is 9.79. The molecule has 1 saturated heterocycles. The van der Waals surface area contributed by atoms with Gasteiger partial charge in [-0.15, -0.1) is 0 Å². The van der Waals surface area contributed by atoms with E-state index in [1.165, 1.54) is 5.56 Å². The predicted octanol–water partition coefficient (Wildman–Crippen LogP) is 3.14. The van der Waals surface area contributed by atoms with E-state index >= 15 is 0 Å². The molecule has 2 fully saturated rings. The van der Waals surface area contributed by atoms with Gasteiger partial charge < -0.3 is 19.1 Å². The van der Waals surface area contributed by atoms with E-state index in [-0.39, 0.29) is 18.7 Å². The Labute approximate surface area is 157 Å². The predicted molar refractivity (Wildman–Crippen MR) is 94.4 cm³/mol. The Kier molecular flexibility index (Phi) is 4.53. The number of alkyl halides is 2. The molecule has 0 N–H and O–H groups in total. The Bertz CT molecular complexity index is 744. The van der Waals surface area contributed by atoms with Crippen molar-refractivity contribution in [2.45, 2.75) is 43.6 Å². The molecule has 1 atom stereocenters. The van der Waals surface area contributed by atoms with Gasteiger partial charge in [-0.25, -0.2) is 8.78 Å². The first-order valence-electron chi connectivity index (χ1n) is 9.43. The summed E-state index contributed by atoms with van der Waals surface area (Å²) in [5.41, 5.74) is 1.82. The van der Waals surface area contributed by atoms with Gasteiger partial charge in [0.2, 0.25) is 5.91 Å². The van der Waals surface area contributed by atoms with E-state index in [2.05, 4.69) is 0 Å². The maximum Gasteiger partial charge on any atom is 0.252 e. The standard InChI is InChI=1S/C20H25F2NO4/c1-25-16-9-13-3-8-27-19(15(13)11-17(16)26-2)4-6-23(7-5-19)18(24)10-14-12-20(14,21)22/h9,11,14H,3-8,10,12H2,1-2H3. The molecule has 7 heteroatoms. The second-order valence-electron chi connectivity index (χ2n) is 7.70. The molecule has 0 radical (unpaired) electrons. The Morgan fingerprint density at radius 2 is 1.85 bits per heavy atom. The van der Waals surface area contributed by atoms with Crippen LogP contribution in [0.4, 0.5) is 8.78 Å². The van der Waals surface area contributed by atoms with Gasteiger partial charge in [0, 0.05) is 31.8 Å². The number of rotatable bonds is 4. The van der Waals surface area contributed by atoms with Gasteiger partial charge in [0.1, 0.15) is 0 Å². The maximum atomic E-state index is 13.1. The molecule has 1 amide bonds. The summed E-state index contributed by atoms with van der Waals surface area (Å²) >= 11 is 0. The quantitative estimate of drug-likeness (QED) is 0.804. The highest BCUT2D eigenvalue weighted by atomic mass is 19.3. The number of ether oxygens (including phenoxy) is 3. The fourth-order valence-electron chi connectivity index (χ4n) is 4.35. The number of benzene rings is 1. The molecule has 1 spiro atoms. The Hall–Kier alpha value is -1.89. The molecule has 2 aliphatic heterocycles. The minimum absolute atomic E-state index is 0.0531. The molecule has 1 saturated carbocycles. The number of halogens is 2. The SMILES string of the molecule is COc1cc2c(cc1OC)C1(CCN(C(=O)CC3CC3(F)F)CC1)OCC2. The molecular weight excluding hydrogens is 356 g/mol. The Balaban J connectivity index is 1.49. The number of fused-ring (bicyclic) bond motifs is 2. The van der Waals surface area contributed by atoms with Crippen LogP contribution in [0.25, 0.3) is 0 Å². The first-order chi connectivity index (χ1) is 12.9. The Morgan fingerprint density at radius 1 is 1.22 bits per heavy atom. The monoisotopic (exact) mass is 381 g/mol. The van der Waals surface area contributed by atoms with Crippen molar-refractivity contribution in [3.63, 3.8) is 0 Å². The lowest BCUT2D eigenvalue weighted by Crippen LogP contribution is -2.48. The minimum atomic E-state index is -2.65. The van der Waals surface area contributed by atoms with Crippen LogP contribution in [-0.2, 0) is 21.6 Å². The third kappa shape index (κ3) is 3.26. The lowest BCUT2D eigenvalue weighted by Gasteiger charge is -2.45. The minimum Gasteiger partial charge on any atom is -0.493 e. The fraction of sp³-hybridized carbons (Fsp3) is 0.650. The van der Waals surface area contributed by atoms with Gasteiger partial charge >= 0.3 is 0 Å². The second-order valence-corrected chi connectivity index (χ2v) is 7.70. The van der Waals surface area contributed by atoms with Crippen LogP contribution in [0.2, 0.25) is 0 Å². The summed E-state index contributed by atoms with van der Waals surface area (Å²) in [6, 6.07) is 3.99. The zero-order chi connectivity index (χ0) is 19.2. The van der Waals surface area contributed by atoms with E-state index in [0.29, 0.717) is 44.0 Å². The normalized spacial score (nSPS) is 25.0. The number of carbonyl (C=O) groups is 1. The molecule has 5 nitrogen and oxygen atoms in total. The first kappa shape index (κ1) is 18.5. The summed E-state index contributed by atoms with van der Waals surface area (Å²) in [6.45, 7) is 1.65. The highest BCUT2D eigenvalue weighted by molar-refractivity contribution is 5.77. The third-order valence-electron chi connectivity index (χ3n) is 6.15. The van der Waals surface area contributed by atoms with Crippen molar-refractivity contribution in [2.24, 2.45) is 5.92 Å². The summed E-state index contributed by atoms with van der Waals surface area (Å²) in [5, 5.41) is 0. The molecule has 2 heterocycles. The van der Waals surface area contributed by atoms with Gasteiger partial charge in [-0.3, -0.25) is 4.79 Å². The average Bonchev–Trinajstić information content (AvgIpc) is 3.27. The summed E-state index contributed by atoms with van der Waals surface area (Å²) in [6.07, 6.45) is 1.90. The number of hydrogen-bond acceptors (Lipinski definition) is 4. The molecule has 3 aliphatic rings. The van der Waals surface area contributed by atoms with Crippen LogP contribution in [0.15, 0.2) is 12.1 Å². The zero-order valence-corrected chi connectivity index (χ0v) is 15.7. The first-order valence-corrected chi connectivity index (χ1v) is 9.43. The average molecular weight is 381 g/mol. The highest BCUT2D eigenvalue weighted by Gasteiger charge is 2.57. The second kappa shape index (κ2) is 6.62. The fourth-order valence-corrected chi connectivity index (χ4v) is 4.35. The lowest BCUT2D eigenvalue weighted by molar-refractivity contribution is -0.141. The van der Waals surface area contributed by atoms with Crippen LogP contribution in [0, 0.1) is 5.92 Å². The number of carbonyl (C=O) groups excluding carboxylic acids is 1. The van der Waals surface area contributed by atoms with Crippen molar-refractivity contribution >= 4 is 5.91 Å². The van der Waals surface area contributed by atoms with Gasteiger partial charge in [-0.05, 0) is 42.5 Å². The maximum absolute atomic E-state index is 13.1. The smallest absolute Gasteiger partial charge is 0.252 e. The van der Waals surface area contributed by atoms with E-state index in [1.54, 1.807) is 19.1 Å². The van der Waals surface area contributed by atoms with Gasteiger partial charge in [-0.1, -0.05) is 0 Å². The summed E-state index contributed by atoms with van der Waals surface area (Å²) in [7, 11) is 3.22. The van der Waals surface area contributed by atoms with Crippen molar-refractivity contribution in [3.05, 3.63) is 23.3 Å². The molecule has 0 bridgehead atoms. The summed E-state index contributed by atoms with van der Waals surface area (Å²) in [4.78, 5) is 14.1. The number of hydrogen-bond donors (Lipinski definition) is 0. The Morgan fingerprint density at radius 3 is 2.44 bits per heavy atom. The van der Waals surface area contributed by atoms with Crippen molar-refractivity contribution in [1.82, 2.24) is 4.90 Å². The molecule has 1 aromatic carbocycles. The largest absolute Gasteiger partial charge is 0.493 e. The van der Waals surface area contributed by atoms with Gasteiger partial charge in [0.25, 0.3) is 5.92 Å². The molecule has 1 unspecified atom stereocenters.